The van der Waals surface area contributed by atoms with Crippen LogP contribution in [0.5, 0.6) is 0 Å². The third-order valence-electron chi connectivity index (χ3n) is 3.04. The maximum absolute atomic E-state index is 10.3. The second-order valence-corrected chi connectivity index (χ2v) is 5.32. The number of aliphatic hydroxyl groups excluding tert-OH is 1. The van der Waals surface area contributed by atoms with Crippen molar-refractivity contribution >= 4 is 5.97 Å². The van der Waals surface area contributed by atoms with Gasteiger partial charge in [0.25, 0.3) is 0 Å². The van der Waals surface area contributed by atoms with E-state index in [1.165, 1.54) is 0 Å². The number of aliphatic carboxylic acids is 1. The number of aliphatic hydroxyl groups is 1. The van der Waals surface area contributed by atoms with Gasteiger partial charge in [0.15, 0.2) is 0 Å². The molecule has 0 aromatic carbocycles. The lowest BCUT2D eigenvalue weighted by molar-refractivity contribution is -0.136. The molecule has 0 aliphatic carbocycles. The molecule has 0 bridgehead atoms. The molecule has 0 atom stereocenters. The van der Waals surface area contributed by atoms with Crippen LogP contribution in [-0.2, 0) is 4.79 Å². The van der Waals surface area contributed by atoms with Gasteiger partial charge in [-0.15, -0.1) is 0 Å². The fraction of sp³-hybridized carbons (Fsp3) is 0.364. The summed E-state index contributed by atoms with van der Waals surface area (Å²) in [5, 5.41) is 18.1. The van der Waals surface area contributed by atoms with Gasteiger partial charge in [0, 0.05) is 12.8 Å². The quantitative estimate of drug-likeness (QED) is 0.181. The Kier molecular flexibility index (Phi) is 16.0. The molecule has 0 unspecified atom stereocenters. The van der Waals surface area contributed by atoms with Gasteiger partial charge in [-0.05, 0) is 38.2 Å². The van der Waals surface area contributed by atoms with Crippen LogP contribution in [0.1, 0.15) is 51.9 Å². The Morgan fingerprint density at radius 1 is 0.840 bits per heavy atom. The van der Waals surface area contributed by atoms with E-state index in [0.29, 0.717) is 12.8 Å². The van der Waals surface area contributed by atoms with Crippen LogP contribution < -0.4 is 0 Å². The Hall–Kier alpha value is -2.51. The number of hydrogen-bond acceptors (Lipinski definition) is 2. The van der Waals surface area contributed by atoms with Crippen molar-refractivity contribution in [3.05, 3.63) is 78.3 Å². The summed E-state index contributed by atoms with van der Waals surface area (Å²) in [4.78, 5) is 10.3. The molecule has 0 amide bonds. The molecule has 0 aromatic heterocycles. The fourth-order valence-corrected chi connectivity index (χ4v) is 1.75. The third kappa shape index (κ3) is 19.4. The third-order valence-corrected chi connectivity index (χ3v) is 3.04. The van der Waals surface area contributed by atoms with Crippen molar-refractivity contribution in [2.24, 2.45) is 0 Å². The highest BCUT2D eigenvalue weighted by Crippen LogP contribution is 1.99. The van der Waals surface area contributed by atoms with E-state index in [9.17, 15) is 9.90 Å². The first-order chi connectivity index (χ1) is 12.2. The molecule has 0 aromatic rings. The average Bonchev–Trinajstić information content (AvgIpc) is 2.58. The highest BCUT2D eigenvalue weighted by Gasteiger charge is 1.91. The molecular weight excluding hydrogens is 312 g/mol. The lowest BCUT2D eigenvalue weighted by Gasteiger charge is -1.89. The highest BCUT2D eigenvalue weighted by atomic mass is 16.4. The van der Waals surface area contributed by atoms with Gasteiger partial charge in [-0.25, -0.2) is 0 Å². The van der Waals surface area contributed by atoms with Crippen LogP contribution >= 0.6 is 0 Å². The second kappa shape index (κ2) is 17.8. The van der Waals surface area contributed by atoms with E-state index in [2.05, 4.69) is 49.1 Å². The van der Waals surface area contributed by atoms with Crippen molar-refractivity contribution in [1.29, 1.82) is 0 Å². The summed E-state index contributed by atoms with van der Waals surface area (Å²) in [7, 11) is 0. The van der Waals surface area contributed by atoms with Gasteiger partial charge in [0.1, 0.15) is 5.76 Å². The zero-order valence-corrected chi connectivity index (χ0v) is 15.1. The van der Waals surface area contributed by atoms with Crippen LogP contribution in [0.15, 0.2) is 78.3 Å². The molecule has 0 fully saturated rings. The summed E-state index contributed by atoms with van der Waals surface area (Å²) in [6.07, 6.45) is 26.7. The topological polar surface area (TPSA) is 57.5 Å². The Morgan fingerprint density at radius 2 is 1.44 bits per heavy atom. The van der Waals surface area contributed by atoms with Gasteiger partial charge in [-0.2, -0.15) is 0 Å². The zero-order valence-electron chi connectivity index (χ0n) is 15.1. The molecule has 0 aliphatic rings. The summed E-state index contributed by atoms with van der Waals surface area (Å²) in [5.41, 5.74) is 2.77. The molecule has 2 N–H and O–H groups in total. The summed E-state index contributed by atoms with van der Waals surface area (Å²) in [6.45, 7) is 2.13. The smallest absolute Gasteiger partial charge is 0.303 e. The minimum Gasteiger partial charge on any atom is -0.504 e. The lowest BCUT2D eigenvalue weighted by atomic mass is 10.2. The van der Waals surface area contributed by atoms with E-state index in [1.54, 1.807) is 18.2 Å². The predicted octanol–water partition coefficient (Wildman–Crippen LogP) is 6.20. The largest absolute Gasteiger partial charge is 0.504 e. The van der Waals surface area contributed by atoms with Crippen LogP contribution in [0, 0.1) is 0 Å². The number of carbonyl (C=O) groups is 1. The molecule has 0 heterocycles. The minimum atomic E-state index is -0.816. The fourth-order valence-electron chi connectivity index (χ4n) is 1.75. The van der Waals surface area contributed by atoms with E-state index >= 15 is 0 Å². The van der Waals surface area contributed by atoms with Gasteiger partial charge in [0.2, 0.25) is 0 Å². The number of rotatable bonds is 13. The van der Waals surface area contributed by atoms with Gasteiger partial charge >= 0.3 is 5.97 Å². The molecule has 0 rings (SSSR count). The summed E-state index contributed by atoms with van der Waals surface area (Å²) < 4.78 is 0. The summed E-state index contributed by atoms with van der Waals surface area (Å²) in [6, 6.07) is 0. The van der Waals surface area contributed by atoms with Crippen LogP contribution in [-0.4, -0.2) is 16.2 Å². The normalized spacial score (nSPS) is 12.0. The Balaban J connectivity index is 3.86. The Morgan fingerprint density at radius 3 is 2.04 bits per heavy atom. The van der Waals surface area contributed by atoms with Crippen LogP contribution in [0.3, 0.4) is 0 Å². The molecule has 0 spiro atoms. The van der Waals surface area contributed by atoms with E-state index < -0.39 is 5.97 Å². The number of hydrogen-bond donors (Lipinski definition) is 2. The van der Waals surface area contributed by atoms with Crippen molar-refractivity contribution in [3.63, 3.8) is 0 Å². The predicted molar refractivity (Wildman–Crippen MR) is 106 cm³/mol. The van der Waals surface area contributed by atoms with Gasteiger partial charge in [0.05, 0.1) is 0 Å². The molecule has 0 saturated carbocycles. The summed E-state index contributed by atoms with van der Waals surface area (Å²) in [5.74, 6) is -0.683. The minimum absolute atomic E-state index is 0.110. The molecule has 25 heavy (non-hydrogen) atoms. The number of carboxylic acid groups (broad SMARTS) is 1. The molecule has 3 nitrogen and oxygen atoms in total. The van der Waals surface area contributed by atoms with Crippen molar-refractivity contribution in [1.82, 2.24) is 0 Å². The molecule has 0 radical (unpaired) electrons. The van der Waals surface area contributed by atoms with Gasteiger partial charge < -0.3 is 10.2 Å². The first-order valence-electron chi connectivity index (χ1n) is 8.78. The number of allylic oxidation sites excluding steroid dienone is 10. The molecular formula is C22H30O3. The second-order valence-electron chi connectivity index (χ2n) is 5.32. The van der Waals surface area contributed by atoms with Crippen molar-refractivity contribution in [2.45, 2.75) is 51.9 Å². The van der Waals surface area contributed by atoms with Crippen molar-refractivity contribution < 1.29 is 15.0 Å². The average molecular weight is 342 g/mol. The van der Waals surface area contributed by atoms with E-state index in [4.69, 9.17) is 5.11 Å². The number of carboxylic acids is 1. The highest BCUT2D eigenvalue weighted by molar-refractivity contribution is 5.66. The van der Waals surface area contributed by atoms with E-state index in [0.717, 1.165) is 25.7 Å². The monoisotopic (exact) mass is 342 g/mol. The lowest BCUT2D eigenvalue weighted by Crippen LogP contribution is -1.91. The van der Waals surface area contributed by atoms with E-state index in [-0.39, 0.29) is 12.2 Å². The first kappa shape index (κ1) is 22.5. The standard InChI is InChI=1S/C22H30O3/c1-2-3-4-5-6-7-8-9-10-11-12-13-15-18-21(23)19-16-14-17-20-22(24)25/h3-4,6-7,9-10,12-16,23H,2,5,8,11,17,19-20H2,1H3,(H,24,25)/b4-3+,7-6+,10-9+,13-12+,16-14+. The first-order valence-corrected chi connectivity index (χ1v) is 8.78. The molecule has 3 heteroatoms. The SMILES string of the molecule is CC/C=C/C/C=C/C/C=C/C/C=C/C=C=C(O)C/C=C/CCC(=O)O. The van der Waals surface area contributed by atoms with Gasteiger partial charge in [-0.1, -0.05) is 73.4 Å². The van der Waals surface area contributed by atoms with Crippen LogP contribution in [0.2, 0.25) is 0 Å². The zero-order chi connectivity index (χ0) is 18.6. The van der Waals surface area contributed by atoms with Crippen molar-refractivity contribution in [2.75, 3.05) is 0 Å². The maximum Gasteiger partial charge on any atom is 0.303 e. The molecule has 0 saturated heterocycles. The Labute approximate surface area is 151 Å². The summed E-state index contributed by atoms with van der Waals surface area (Å²) >= 11 is 0. The van der Waals surface area contributed by atoms with Crippen molar-refractivity contribution in [3.8, 4) is 0 Å². The van der Waals surface area contributed by atoms with Crippen LogP contribution in [0.25, 0.3) is 0 Å². The maximum atomic E-state index is 10.3. The van der Waals surface area contributed by atoms with Gasteiger partial charge in [-0.3, -0.25) is 4.79 Å². The molecule has 0 aliphatic heterocycles. The Bertz CT molecular complexity index is 554. The van der Waals surface area contributed by atoms with E-state index in [1.807, 2.05) is 12.2 Å². The molecule has 136 valence electrons. The van der Waals surface area contributed by atoms with Crippen LogP contribution in [0.4, 0.5) is 0 Å².